The van der Waals surface area contributed by atoms with Crippen molar-refractivity contribution in [3.8, 4) is 0 Å². The van der Waals surface area contributed by atoms with Gasteiger partial charge in [-0.05, 0) is 17.7 Å². The zero-order valence-electron chi connectivity index (χ0n) is 9.84. The van der Waals surface area contributed by atoms with Crippen molar-refractivity contribution in [1.29, 1.82) is 0 Å². The summed E-state index contributed by atoms with van der Waals surface area (Å²) in [5.74, 6) is 0. The van der Waals surface area contributed by atoms with E-state index in [2.05, 4.69) is 15.9 Å². The van der Waals surface area contributed by atoms with Crippen molar-refractivity contribution in [2.24, 2.45) is 0 Å². The molecule has 1 aromatic carbocycles. The van der Waals surface area contributed by atoms with Crippen LogP contribution in [-0.4, -0.2) is 18.0 Å². The van der Waals surface area contributed by atoms with Crippen LogP contribution in [0.2, 0.25) is 0 Å². The summed E-state index contributed by atoms with van der Waals surface area (Å²) in [5, 5.41) is 0. The molecular formula is C11H8BrClN2O4S. The van der Waals surface area contributed by atoms with Crippen LogP contribution in [0.25, 0.3) is 0 Å². The van der Waals surface area contributed by atoms with Crippen LogP contribution in [0.3, 0.4) is 0 Å². The molecule has 106 valence electrons. The van der Waals surface area contributed by atoms with E-state index in [4.69, 9.17) is 10.7 Å². The van der Waals surface area contributed by atoms with Crippen LogP contribution in [0.4, 0.5) is 0 Å². The van der Waals surface area contributed by atoms with Crippen LogP contribution in [0.1, 0.15) is 5.56 Å². The predicted octanol–water partition coefficient (Wildman–Crippen LogP) is 1.27. The number of H-pyrrole nitrogens is 1. The van der Waals surface area contributed by atoms with Crippen LogP contribution >= 0.6 is 26.6 Å². The van der Waals surface area contributed by atoms with Gasteiger partial charge < -0.3 is 0 Å². The van der Waals surface area contributed by atoms with Gasteiger partial charge in [0.25, 0.3) is 14.6 Å². The molecule has 0 radical (unpaired) electrons. The SMILES string of the molecule is O=c1[nH]c(=O)n(Cc2ccc(Br)cc2)cc1S(=O)(=O)Cl. The first-order valence-electron chi connectivity index (χ1n) is 5.30. The molecule has 1 aromatic heterocycles. The van der Waals surface area contributed by atoms with Crippen molar-refractivity contribution in [2.75, 3.05) is 0 Å². The standard InChI is InChI=1S/C11H8BrClN2O4S/c12-8-3-1-7(2-4-8)5-15-6-9(20(13,18)19)10(16)14-11(15)17/h1-4,6H,5H2,(H,14,16,17). The highest BCUT2D eigenvalue weighted by atomic mass is 79.9. The fourth-order valence-electron chi connectivity index (χ4n) is 1.57. The van der Waals surface area contributed by atoms with Gasteiger partial charge in [0.15, 0.2) is 4.90 Å². The number of hydrogen-bond donors (Lipinski definition) is 1. The normalized spacial score (nSPS) is 11.5. The summed E-state index contributed by atoms with van der Waals surface area (Å²) >= 11 is 3.28. The maximum atomic E-state index is 11.7. The van der Waals surface area contributed by atoms with E-state index in [0.717, 1.165) is 20.8 Å². The lowest BCUT2D eigenvalue weighted by Gasteiger charge is -2.06. The molecule has 2 rings (SSSR count). The van der Waals surface area contributed by atoms with Crippen molar-refractivity contribution in [2.45, 2.75) is 11.4 Å². The van der Waals surface area contributed by atoms with E-state index in [-0.39, 0.29) is 6.54 Å². The molecule has 0 fully saturated rings. The van der Waals surface area contributed by atoms with E-state index in [1.165, 1.54) is 0 Å². The van der Waals surface area contributed by atoms with Gasteiger partial charge in [0.1, 0.15) is 0 Å². The van der Waals surface area contributed by atoms with Crippen LogP contribution in [0, 0.1) is 0 Å². The molecule has 0 unspecified atom stereocenters. The minimum atomic E-state index is -4.21. The third-order valence-corrected chi connectivity index (χ3v) is 4.35. The minimum Gasteiger partial charge on any atom is -0.295 e. The molecule has 0 aliphatic rings. The van der Waals surface area contributed by atoms with Crippen molar-refractivity contribution in [1.82, 2.24) is 9.55 Å². The van der Waals surface area contributed by atoms with Gasteiger partial charge in [0, 0.05) is 21.4 Å². The molecule has 0 aliphatic carbocycles. The Bertz CT molecular complexity index is 855. The van der Waals surface area contributed by atoms with E-state index in [9.17, 15) is 18.0 Å². The smallest absolute Gasteiger partial charge is 0.295 e. The highest BCUT2D eigenvalue weighted by Crippen LogP contribution is 2.12. The molecule has 20 heavy (non-hydrogen) atoms. The summed E-state index contributed by atoms with van der Waals surface area (Å²) in [6, 6.07) is 7.09. The second kappa shape index (κ2) is 5.55. The number of rotatable bonds is 3. The number of nitrogens with zero attached hydrogens (tertiary/aromatic N) is 1. The summed E-state index contributed by atoms with van der Waals surface area (Å²) in [4.78, 5) is 24.3. The van der Waals surface area contributed by atoms with Crippen LogP contribution in [0.5, 0.6) is 0 Å². The Morgan fingerprint density at radius 3 is 2.35 bits per heavy atom. The second-order valence-corrected chi connectivity index (χ2v) is 7.39. The van der Waals surface area contributed by atoms with Gasteiger partial charge in [-0.3, -0.25) is 14.3 Å². The molecule has 0 spiro atoms. The Labute approximate surface area is 126 Å². The van der Waals surface area contributed by atoms with Crippen LogP contribution < -0.4 is 11.2 Å². The van der Waals surface area contributed by atoms with Gasteiger partial charge in [0.05, 0.1) is 6.54 Å². The third-order valence-electron chi connectivity index (χ3n) is 2.51. The lowest BCUT2D eigenvalue weighted by atomic mass is 10.2. The molecule has 0 saturated carbocycles. The van der Waals surface area contributed by atoms with Gasteiger partial charge in [-0.2, -0.15) is 0 Å². The summed E-state index contributed by atoms with van der Waals surface area (Å²) in [5.41, 5.74) is -0.973. The molecule has 9 heteroatoms. The molecule has 2 aromatic rings. The van der Waals surface area contributed by atoms with Gasteiger partial charge in [-0.1, -0.05) is 28.1 Å². The summed E-state index contributed by atoms with van der Waals surface area (Å²) in [6.45, 7) is 0.113. The Balaban J connectivity index is 2.50. The molecule has 0 bridgehead atoms. The average molecular weight is 380 g/mol. The molecule has 0 aliphatic heterocycles. The lowest BCUT2D eigenvalue weighted by molar-refractivity contribution is 0.603. The molecular weight excluding hydrogens is 372 g/mol. The molecule has 0 amide bonds. The van der Waals surface area contributed by atoms with Crippen molar-refractivity contribution in [3.05, 3.63) is 61.3 Å². The molecule has 0 atom stereocenters. The van der Waals surface area contributed by atoms with E-state index in [0.29, 0.717) is 0 Å². The molecule has 6 nitrogen and oxygen atoms in total. The third kappa shape index (κ3) is 3.38. The van der Waals surface area contributed by atoms with Crippen molar-refractivity contribution >= 4 is 35.7 Å². The van der Waals surface area contributed by atoms with Gasteiger partial charge in [-0.15, -0.1) is 0 Å². The Hall–Kier alpha value is -1.38. The number of nitrogens with one attached hydrogen (secondary N) is 1. The van der Waals surface area contributed by atoms with Gasteiger partial charge >= 0.3 is 5.69 Å². The maximum absolute atomic E-state index is 11.7. The fraction of sp³-hybridized carbons (Fsp3) is 0.0909. The predicted molar refractivity (Wildman–Crippen MR) is 77.6 cm³/mol. The quantitative estimate of drug-likeness (QED) is 0.814. The molecule has 1 N–H and O–H groups in total. The first-order chi connectivity index (χ1) is 9.27. The van der Waals surface area contributed by atoms with E-state index >= 15 is 0 Å². The van der Waals surface area contributed by atoms with E-state index in [1.54, 1.807) is 24.3 Å². The van der Waals surface area contributed by atoms with E-state index < -0.39 is 25.2 Å². The van der Waals surface area contributed by atoms with Crippen molar-refractivity contribution < 1.29 is 8.42 Å². The highest BCUT2D eigenvalue weighted by molar-refractivity contribution is 9.10. The Morgan fingerprint density at radius 2 is 1.80 bits per heavy atom. The summed E-state index contributed by atoms with van der Waals surface area (Å²) < 4.78 is 24.4. The number of hydrogen-bond acceptors (Lipinski definition) is 4. The largest absolute Gasteiger partial charge is 0.328 e. The zero-order valence-corrected chi connectivity index (χ0v) is 13.0. The first kappa shape index (κ1) is 15.0. The first-order valence-corrected chi connectivity index (χ1v) is 8.40. The highest BCUT2D eigenvalue weighted by Gasteiger charge is 2.17. The lowest BCUT2D eigenvalue weighted by Crippen LogP contribution is -2.32. The van der Waals surface area contributed by atoms with Crippen molar-refractivity contribution in [3.63, 3.8) is 0 Å². The number of aromatic nitrogens is 2. The minimum absolute atomic E-state index is 0.113. The monoisotopic (exact) mass is 378 g/mol. The fourth-order valence-corrected chi connectivity index (χ4v) is 2.69. The molecule has 0 saturated heterocycles. The van der Waals surface area contributed by atoms with E-state index in [1.807, 2.05) is 4.98 Å². The second-order valence-electron chi connectivity index (χ2n) is 3.94. The Morgan fingerprint density at radius 1 is 1.20 bits per heavy atom. The van der Waals surface area contributed by atoms with Crippen LogP contribution in [-0.2, 0) is 15.6 Å². The van der Waals surface area contributed by atoms with Gasteiger partial charge in [-0.25, -0.2) is 13.2 Å². The number of halogens is 2. The topological polar surface area (TPSA) is 89.0 Å². The van der Waals surface area contributed by atoms with Crippen LogP contribution in [0.15, 0.2) is 49.4 Å². The maximum Gasteiger partial charge on any atom is 0.328 e. The summed E-state index contributed by atoms with van der Waals surface area (Å²) in [6.07, 6.45) is 0.936. The Kier molecular flexibility index (Phi) is 4.17. The van der Waals surface area contributed by atoms with Gasteiger partial charge in [0.2, 0.25) is 0 Å². The zero-order chi connectivity index (χ0) is 14.9. The molecule has 1 heterocycles. The average Bonchev–Trinajstić information content (AvgIpc) is 2.33. The number of aromatic amines is 1. The summed E-state index contributed by atoms with van der Waals surface area (Å²) in [7, 11) is 0.932. The number of benzene rings is 1.